The molecule has 0 unspecified atom stereocenters. The first-order valence-electron chi connectivity index (χ1n) is 5.21. The standard InChI is InChI=1S/C10H22O4/c1-4-11-6-5-7-12-8-9-13-14-10(2)3/h10H,4-9H2,1-3H3. The van der Waals surface area contributed by atoms with E-state index in [9.17, 15) is 0 Å². The smallest absolute Gasteiger partial charge is 0.106 e. The maximum absolute atomic E-state index is 5.28. The van der Waals surface area contributed by atoms with Crippen LogP contribution in [-0.4, -0.2) is 39.1 Å². The van der Waals surface area contributed by atoms with Gasteiger partial charge in [0.25, 0.3) is 0 Å². The third kappa shape index (κ3) is 11.8. The summed E-state index contributed by atoms with van der Waals surface area (Å²) in [6.45, 7) is 9.12. The molecule has 0 bridgehead atoms. The van der Waals surface area contributed by atoms with Crippen LogP contribution in [0.25, 0.3) is 0 Å². The Morgan fingerprint density at radius 2 is 1.64 bits per heavy atom. The van der Waals surface area contributed by atoms with Crippen LogP contribution < -0.4 is 0 Å². The molecule has 0 radical (unpaired) electrons. The highest BCUT2D eigenvalue weighted by molar-refractivity contribution is 4.34. The predicted octanol–water partition coefficient (Wildman–Crippen LogP) is 1.79. The van der Waals surface area contributed by atoms with Crippen molar-refractivity contribution in [1.82, 2.24) is 0 Å². The summed E-state index contributed by atoms with van der Waals surface area (Å²) in [4.78, 5) is 9.75. The highest BCUT2D eigenvalue weighted by Gasteiger charge is 1.94. The minimum absolute atomic E-state index is 0.105. The Bertz CT molecular complexity index is 106. The zero-order valence-corrected chi connectivity index (χ0v) is 9.45. The minimum atomic E-state index is 0.105. The van der Waals surface area contributed by atoms with E-state index < -0.39 is 0 Å². The molecule has 0 N–H and O–H groups in total. The number of hydrogen-bond donors (Lipinski definition) is 0. The lowest BCUT2D eigenvalue weighted by Gasteiger charge is -2.07. The zero-order chi connectivity index (χ0) is 10.6. The van der Waals surface area contributed by atoms with Crippen LogP contribution in [0.4, 0.5) is 0 Å². The van der Waals surface area contributed by atoms with Gasteiger partial charge in [0.05, 0.1) is 12.7 Å². The van der Waals surface area contributed by atoms with Gasteiger partial charge in [-0.05, 0) is 27.2 Å². The molecule has 0 aromatic heterocycles. The maximum Gasteiger partial charge on any atom is 0.106 e. The fraction of sp³-hybridized carbons (Fsp3) is 1.00. The van der Waals surface area contributed by atoms with Crippen molar-refractivity contribution in [2.45, 2.75) is 33.3 Å². The normalized spacial score (nSPS) is 11.1. The lowest BCUT2D eigenvalue weighted by atomic mass is 10.5. The Hall–Kier alpha value is -0.160. The third-order valence-corrected chi connectivity index (χ3v) is 1.35. The van der Waals surface area contributed by atoms with Crippen LogP contribution in [0.15, 0.2) is 0 Å². The van der Waals surface area contributed by atoms with E-state index in [1.165, 1.54) is 0 Å². The summed E-state index contributed by atoms with van der Waals surface area (Å²) >= 11 is 0. The molecule has 0 aliphatic heterocycles. The molecule has 0 saturated carbocycles. The van der Waals surface area contributed by atoms with Gasteiger partial charge in [-0.15, -0.1) is 0 Å². The van der Waals surface area contributed by atoms with E-state index >= 15 is 0 Å². The fourth-order valence-electron chi connectivity index (χ4n) is 0.787. The van der Waals surface area contributed by atoms with Gasteiger partial charge in [0.1, 0.15) is 6.61 Å². The van der Waals surface area contributed by atoms with Crippen LogP contribution >= 0.6 is 0 Å². The van der Waals surface area contributed by atoms with Gasteiger partial charge in [-0.3, -0.25) is 0 Å². The van der Waals surface area contributed by atoms with E-state index in [1.807, 2.05) is 20.8 Å². The molecule has 0 rings (SSSR count). The van der Waals surface area contributed by atoms with Crippen LogP contribution in [0.5, 0.6) is 0 Å². The molecule has 0 aliphatic rings. The largest absolute Gasteiger partial charge is 0.382 e. The number of rotatable bonds is 10. The second-order valence-electron chi connectivity index (χ2n) is 3.13. The van der Waals surface area contributed by atoms with Crippen LogP contribution in [0, 0.1) is 0 Å². The molecule has 4 nitrogen and oxygen atoms in total. The first-order valence-corrected chi connectivity index (χ1v) is 5.21. The van der Waals surface area contributed by atoms with Crippen molar-refractivity contribution in [3.8, 4) is 0 Å². The van der Waals surface area contributed by atoms with E-state index in [2.05, 4.69) is 0 Å². The van der Waals surface area contributed by atoms with Crippen LogP contribution in [-0.2, 0) is 19.2 Å². The molecule has 86 valence electrons. The van der Waals surface area contributed by atoms with E-state index in [4.69, 9.17) is 19.2 Å². The molecular weight excluding hydrogens is 184 g/mol. The number of hydrogen-bond acceptors (Lipinski definition) is 4. The van der Waals surface area contributed by atoms with Crippen molar-refractivity contribution in [2.75, 3.05) is 33.0 Å². The summed E-state index contributed by atoms with van der Waals surface area (Å²) in [7, 11) is 0. The molecule has 0 amide bonds. The molecule has 0 heterocycles. The lowest BCUT2D eigenvalue weighted by molar-refractivity contribution is -0.320. The fourth-order valence-corrected chi connectivity index (χ4v) is 0.787. The van der Waals surface area contributed by atoms with Gasteiger partial charge in [-0.25, -0.2) is 9.78 Å². The van der Waals surface area contributed by atoms with Gasteiger partial charge in [-0.2, -0.15) is 0 Å². The van der Waals surface area contributed by atoms with Crippen molar-refractivity contribution < 1.29 is 19.2 Å². The zero-order valence-electron chi connectivity index (χ0n) is 9.45. The summed E-state index contributed by atoms with van der Waals surface area (Å²) < 4.78 is 10.4. The second-order valence-corrected chi connectivity index (χ2v) is 3.13. The molecular formula is C10H22O4. The Kier molecular flexibility index (Phi) is 10.8. The molecule has 0 aromatic carbocycles. The van der Waals surface area contributed by atoms with E-state index in [0.717, 1.165) is 19.6 Å². The summed E-state index contributed by atoms with van der Waals surface area (Å²) in [5.74, 6) is 0. The highest BCUT2D eigenvalue weighted by Crippen LogP contribution is 1.90. The van der Waals surface area contributed by atoms with Crippen molar-refractivity contribution >= 4 is 0 Å². The monoisotopic (exact) mass is 206 g/mol. The first kappa shape index (κ1) is 13.8. The molecule has 0 saturated heterocycles. The molecule has 0 fully saturated rings. The van der Waals surface area contributed by atoms with Gasteiger partial charge < -0.3 is 9.47 Å². The van der Waals surface area contributed by atoms with Gasteiger partial charge in [0.15, 0.2) is 0 Å². The summed E-state index contributed by atoms with van der Waals surface area (Å²) in [5, 5.41) is 0. The molecule has 0 aliphatic carbocycles. The average molecular weight is 206 g/mol. The lowest BCUT2D eigenvalue weighted by Crippen LogP contribution is -2.10. The summed E-state index contributed by atoms with van der Waals surface area (Å²) in [6.07, 6.45) is 1.03. The highest BCUT2D eigenvalue weighted by atomic mass is 17.2. The Morgan fingerprint density at radius 1 is 0.929 bits per heavy atom. The predicted molar refractivity (Wildman–Crippen MR) is 54.1 cm³/mol. The SMILES string of the molecule is CCOCCCOCCOOC(C)C. The van der Waals surface area contributed by atoms with Crippen molar-refractivity contribution in [3.05, 3.63) is 0 Å². The van der Waals surface area contributed by atoms with E-state index in [1.54, 1.807) is 0 Å². The number of ether oxygens (including phenoxy) is 2. The van der Waals surface area contributed by atoms with E-state index in [-0.39, 0.29) is 6.10 Å². The van der Waals surface area contributed by atoms with Crippen LogP contribution in [0.3, 0.4) is 0 Å². The van der Waals surface area contributed by atoms with Gasteiger partial charge in [0.2, 0.25) is 0 Å². The molecule has 14 heavy (non-hydrogen) atoms. The molecule has 4 heteroatoms. The Balaban J connectivity index is 2.85. The van der Waals surface area contributed by atoms with Crippen LogP contribution in [0.2, 0.25) is 0 Å². The first-order chi connectivity index (χ1) is 6.77. The van der Waals surface area contributed by atoms with Crippen molar-refractivity contribution in [3.63, 3.8) is 0 Å². The summed E-state index contributed by atoms with van der Waals surface area (Å²) in [5.41, 5.74) is 0. The third-order valence-electron chi connectivity index (χ3n) is 1.35. The van der Waals surface area contributed by atoms with E-state index in [0.29, 0.717) is 19.8 Å². The summed E-state index contributed by atoms with van der Waals surface area (Å²) in [6, 6.07) is 0. The van der Waals surface area contributed by atoms with Gasteiger partial charge in [0, 0.05) is 19.8 Å². The second kappa shape index (κ2) is 10.9. The van der Waals surface area contributed by atoms with Crippen molar-refractivity contribution in [2.24, 2.45) is 0 Å². The van der Waals surface area contributed by atoms with Crippen LogP contribution in [0.1, 0.15) is 27.2 Å². The quantitative estimate of drug-likeness (QED) is 0.310. The average Bonchev–Trinajstić information content (AvgIpc) is 2.15. The van der Waals surface area contributed by atoms with Crippen molar-refractivity contribution in [1.29, 1.82) is 0 Å². The topological polar surface area (TPSA) is 36.9 Å². The molecule has 0 spiro atoms. The minimum Gasteiger partial charge on any atom is -0.382 e. The Labute approximate surface area is 86.4 Å². The van der Waals surface area contributed by atoms with Gasteiger partial charge >= 0.3 is 0 Å². The maximum atomic E-state index is 5.28. The Morgan fingerprint density at radius 3 is 2.29 bits per heavy atom. The molecule has 0 aromatic rings. The van der Waals surface area contributed by atoms with Gasteiger partial charge in [-0.1, -0.05) is 0 Å². The molecule has 0 atom stereocenters.